The first kappa shape index (κ1) is 24.4. The quantitative estimate of drug-likeness (QED) is 0.439. The van der Waals surface area contributed by atoms with Crippen molar-refractivity contribution < 1.29 is 9.59 Å². The van der Waals surface area contributed by atoms with Crippen molar-refractivity contribution in [2.24, 2.45) is 0 Å². The lowest BCUT2D eigenvalue weighted by atomic mass is 10.1. The maximum absolute atomic E-state index is 12.9. The maximum atomic E-state index is 12.9. The second kappa shape index (κ2) is 12.1. The van der Waals surface area contributed by atoms with Crippen LogP contribution in [0.2, 0.25) is 0 Å². The molecule has 0 bridgehead atoms. The Balaban J connectivity index is 1.26. The van der Waals surface area contributed by atoms with Crippen LogP contribution in [0.3, 0.4) is 0 Å². The van der Waals surface area contributed by atoms with E-state index < -0.39 is 6.04 Å². The number of nitrogens with zero attached hydrogens (tertiary/aromatic N) is 5. The summed E-state index contributed by atoms with van der Waals surface area (Å²) in [7, 11) is 0. The van der Waals surface area contributed by atoms with Gasteiger partial charge in [0.25, 0.3) is 0 Å². The number of hydrogen-bond acceptors (Lipinski definition) is 6. The predicted octanol–water partition coefficient (Wildman–Crippen LogP) is 3.64. The van der Waals surface area contributed by atoms with Crippen LogP contribution in [0.25, 0.3) is 11.4 Å². The van der Waals surface area contributed by atoms with Crippen molar-refractivity contribution in [3.63, 3.8) is 0 Å². The molecule has 184 valence electrons. The van der Waals surface area contributed by atoms with Gasteiger partial charge in [0.15, 0.2) is 0 Å². The highest BCUT2D eigenvalue weighted by Crippen LogP contribution is 2.23. The third-order valence-corrected chi connectivity index (χ3v) is 6.06. The fourth-order valence-corrected chi connectivity index (χ4v) is 4.23. The first-order chi connectivity index (χ1) is 17.1. The molecule has 4 rings (SSSR count). The van der Waals surface area contributed by atoms with Gasteiger partial charge in [0.1, 0.15) is 6.04 Å². The number of tetrazole rings is 1. The summed E-state index contributed by atoms with van der Waals surface area (Å²) in [6.45, 7) is 4.56. The van der Waals surface area contributed by atoms with E-state index >= 15 is 0 Å². The van der Waals surface area contributed by atoms with Crippen LogP contribution in [0.4, 0.5) is 11.4 Å². The van der Waals surface area contributed by atoms with Gasteiger partial charge >= 0.3 is 0 Å². The fraction of sp³-hybridized carbons (Fsp3) is 0.423. The molecule has 1 saturated heterocycles. The molecule has 0 saturated carbocycles. The number of hydrogen-bond donors (Lipinski definition) is 2. The second-order valence-electron chi connectivity index (χ2n) is 8.82. The number of aromatic nitrogens is 4. The van der Waals surface area contributed by atoms with Gasteiger partial charge in [0, 0.05) is 36.4 Å². The molecule has 2 aromatic carbocycles. The van der Waals surface area contributed by atoms with Crippen molar-refractivity contribution in [3.05, 3.63) is 54.6 Å². The Morgan fingerprint density at radius 2 is 1.86 bits per heavy atom. The average molecular weight is 476 g/mol. The molecule has 0 aliphatic carbocycles. The van der Waals surface area contributed by atoms with Crippen LogP contribution < -0.4 is 15.5 Å². The van der Waals surface area contributed by atoms with E-state index in [-0.39, 0.29) is 18.2 Å². The first-order valence-corrected chi connectivity index (χ1v) is 12.4. The first-order valence-electron chi connectivity index (χ1n) is 12.4. The molecule has 9 nitrogen and oxygen atoms in total. The number of amides is 2. The van der Waals surface area contributed by atoms with Gasteiger partial charge in [-0.25, -0.2) is 0 Å². The van der Waals surface area contributed by atoms with Crippen LogP contribution in [0, 0.1) is 0 Å². The monoisotopic (exact) mass is 475 g/mol. The van der Waals surface area contributed by atoms with Crippen LogP contribution in [-0.4, -0.2) is 51.2 Å². The smallest absolute Gasteiger partial charge is 0.246 e. The van der Waals surface area contributed by atoms with Gasteiger partial charge in [0.05, 0.1) is 6.54 Å². The van der Waals surface area contributed by atoms with Gasteiger partial charge in [0.2, 0.25) is 17.6 Å². The van der Waals surface area contributed by atoms with Crippen molar-refractivity contribution in [2.45, 2.75) is 58.0 Å². The zero-order valence-corrected chi connectivity index (χ0v) is 20.2. The van der Waals surface area contributed by atoms with Crippen LogP contribution in [0.1, 0.15) is 45.4 Å². The molecule has 0 spiro atoms. The summed E-state index contributed by atoms with van der Waals surface area (Å²) in [4.78, 5) is 29.3. The van der Waals surface area contributed by atoms with Crippen molar-refractivity contribution >= 4 is 23.2 Å². The minimum Gasteiger partial charge on any atom is -0.371 e. The summed E-state index contributed by atoms with van der Waals surface area (Å²) >= 11 is 0. The number of aryl methyl sites for hydroxylation is 1. The topological polar surface area (TPSA) is 105 Å². The fourth-order valence-electron chi connectivity index (χ4n) is 4.23. The van der Waals surface area contributed by atoms with E-state index in [0.717, 1.165) is 36.4 Å². The Kier molecular flexibility index (Phi) is 8.43. The van der Waals surface area contributed by atoms with Crippen molar-refractivity contribution in [1.29, 1.82) is 0 Å². The van der Waals surface area contributed by atoms with Gasteiger partial charge in [-0.2, -0.15) is 4.80 Å². The van der Waals surface area contributed by atoms with Gasteiger partial charge in [-0.15, -0.1) is 10.2 Å². The minimum atomic E-state index is -0.572. The summed E-state index contributed by atoms with van der Waals surface area (Å²) in [5, 5.41) is 18.4. The Hall–Kier alpha value is -3.75. The SMILES string of the molecule is CCCC(NC(=O)CCCn1nnc(-c2ccccc2)n1)C(=O)Nc1cccc(N2CCCC2)c1. The minimum absolute atomic E-state index is 0.159. The van der Waals surface area contributed by atoms with Crippen LogP contribution in [0.5, 0.6) is 0 Å². The molecule has 1 aromatic heterocycles. The number of nitrogens with one attached hydrogen (secondary N) is 2. The lowest BCUT2D eigenvalue weighted by Crippen LogP contribution is -2.43. The Bertz CT molecular complexity index is 1110. The molecule has 9 heteroatoms. The Morgan fingerprint density at radius 1 is 1.06 bits per heavy atom. The molecule has 2 amide bonds. The van der Waals surface area contributed by atoms with E-state index in [2.05, 4.69) is 37.0 Å². The standard InChI is InChI=1S/C26H33N7O2/c1-2-10-23(26(35)27-21-13-8-14-22(19-21)32-16-6-7-17-32)28-24(34)15-9-18-33-30-25(29-31-33)20-11-4-3-5-12-20/h3-5,8,11-14,19,23H,2,6-7,9-10,15-18H2,1H3,(H,27,35)(H,28,34). The summed E-state index contributed by atoms with van der Waals surface area (Å²) < 4.78 is 0. The lowest BCUT2D eigenvalue weighted by Gasteiger charge is -2.20. The molecule has 0 radical (unpaired) electrons. The highest BCUT2D eigenvalue weighted by atomic mass is 16.2. The van der Waals surface area contributed by atoms with E-state index in [1.807, 2.05) is 55.5 Å². The molecule has 3 aromatic rings. The maximum Gasteiger partial charge on any atom is 0.246 e. The zero-order valence-electron chi connectivity index (χ0n) is 20.2. The molecule has 2 N–H and O–H groups in total. The van der Waals surface area contributed by atoms with E-state index in [1.165, 1.54) is 17.6 Å². The summed E-state index contributed by atoms with van der Waals surface area (Å²) in [5.41, 5.74) is 2.77. The summed E-state index contributed by atoms with van der Waals surface area (Å²) in [6, 6.07) is 17.0. The third kappa shape index (κ3) is 6.88. The van der Waals surface area contributed by atoms with E-state index in [0.29, 0.717) is 25.2 Å². The Labute approximate surface area is 205 Å². The highest BCUT2D eigenvalue weighted by Gasteiger charge is 2.21. The molecular formula is C26H33N7O2. The molecule has 1 atom stereocenters. The van der Waals surface area contributed by atoms with Crippen LogP contribution in [0.15, 0.2) is 54.6 Å². The summed E-state index contributed by atoms with van der Waals surface area (Å²) in [6.07, 6.45) is 4.59. The molecule has 1 aliphatic rings. The molecule has 1 fully saturated rings. The van der Waals surface area contributed by atoms with Crippen molar-refractivity contribution in [3.8, 4) is 11.4 Å². The van der Waals surface area contributed by atoms with Crippen molar-refractivity contribution in [1.82, 2.24) is 25.5 Å². The van der Waals surface area contributed by atoms with E-state index in [1.54, 1.807) is 0 Å². The van der Waals surface area contributed by atoms with Gasteiger partial charge in [-0.3, -0.25) is 9.59 Å². The predicted molar refractivity (Wildman–Crippen MR) is 136 cm³/mol. The number of anilines is 2. The van der Waals surface area contributed by atoms with Gasteiger partial charge < -0.3 is 15.5 Å². The average Bonchev–Trinajstić information content (AvgIpc) is 3.57. The highest BCUT2D eigenvalue weighted by molar-refractivity contribution is 5.97. The second-order valence-corrected chi connectivity index (χ2v) is 8.82. The van der Waals surface area contributed by atoms with Crippen LogP contribution in [-0.2, 0) is 16.1 Å². The molecule has 1 unspecified atom stereocenters. The molecule has 2 heterocycles. The van der Waals surface area contributed by atoms with Gasteiger partial charge in [-0.05, 0) is 49.1 Å². The lowest BCUT2D eigenvalue weighted by molar-refractivity contribution is -0.126. The van der Waals surface area contributed by atoms with Gasteiger partial charge in [-0.1, -0.05) is 49.7 Å². The molecule has 35 heavy (non-hydrogen) atoms. The normalized spacial score (nSPS) is 14.0. The number of carbonyl (C=O) groups is 2. The Morgan fingerprint density at radius 3 is 2.63 bits per heavy atom. The molecule has 1 aliphatic heterocycles. The van der Waals surface area contributed by atoms with E-state index in [4.69, 9.17) is 0 Å². The largest absolute Gasteiger partial charge is 0.371 e. The van der Waals surface area contributed by atoms with Crippen LogP contribution >= 0.6 is 0 Å². The summed E-state index contributed by atoms with van der Waals surface area (Å²) in [5.74, 6) is 0.209. The van der Waals surface area contributed by atoms with E-state index in [9.17, 15) is 9.59 Å². The number of rotatable bonds is 11. The number of benzene rings is 2. The number of carbonyl (C=O) groups excluding carboxylic acids is 2. The zero-order chi connectivity index (χ0) is 24.5. The van der Waals surface area contributed by atoms with Crippen molar-refractivity contribution in [2.75, 3.05) is 23.3 Å². The third-order valence-electron chi connectivity index (χ3n) is 6.06. The molecular weight excluding hydrogens is 442 g/mol.